The maximum absolute atomic E-state index is 9.63. The molecule has 2 rings (SSSR count). The van der Waals surface area contributed by atoms with Gasteiger partial charge in [0.25, 0.3) is 0 Å². The van der Waals surface area contributed by atoms with Crippen molar-refractivity contribution in [2.75, 3.05) is 19.6 Å². The monoisotopic (exact) mass is 235 g/mol. The molecule has 1 fully saturated rings. The molecule has 3 unspecified atom stereocenters. The second-order valence-electron chi connectivity index (χ2n) is 4.82. The van der Waals surface area contributed by atoms with Gasteiger partial charge in [0.15, 0.2) is 0 Å². The van der Waals surface area contributed by atoms with Gasteiger partial charge in [-0.15, -0.1) is 0 Å². The lowest BCUT2D eigenvalue weighted by molar-refractivity contribution is 0.122. The molecule has 4 heteroatoms. The van der Waals surface area contributed by atoms with E-state index in [0.29, 0.717) is 12.5 Å². The van der Waals surface area contributed by atoms with Crippen LogP contribution in [0.2, 0.25) is 0 Å². The summed E-state index contributed by atoms with van der Waals surface area (Å²) < 4.78 is 0. The predicted octanol–water partition coefficient (Wildman–Crippen LogP) is 0.784. The standard InChI is InChI=1S/C13H21N3O/c1-10(17)12-4-7-16(9-12)13(8-14)11-2-5-15-6-3-11/h2-3,5-6,10,12-13,17H,4,7-9,14H2,1H3. The Kier molecular flexibility index (Phi) is 4.10. The Labute approximate surface area is 102 Å². The third-order valence-corrected chi connectivity index (χ3v) is 3.69. The van der Waals surface area contributed by atoms with Gasteiger partial charge in [0, 0.05) is 31.5 Å². The van der Waals surface area contributed by atoms with Crippen molar-refractivity contribution < 1.29 is 5.11 Å². The fraction of sp³-hybridized carbons (Fsp3) is 0.615. The third kappa shape index (κ3) is 2.83. The minimum absolute atomic E-state index is 0.226. The average molecular weight is 235 g/mol. The summed E-state index contributed by atoms with van der Waals surface area (Å²) in [5.41, 5.74) is 7.10. The van der Waals surface area contributed by atoms with Crippen molar-refractivity contribution in [1.82, 2.24) is 9.88 Å². The van der Waals surface area contributed by atoms with Crippen molar-refractivity contribution in [1.29, 1.82) is 0 Å². The van der Waals surface area contributed by atoms with Gasteiger partial charge in [-0.25, -0.2) is 0 Å². The molecule has 17 heavy (non-hydrogen) atoms. The van der Waals surface area contributed by atoms with Gasteiger partial charge in [-0.1, -0.05) is 0 Å². The quantitative estimate of drug-likeness (QED) is 0.809. The van der Waals surface area contributed by atoms with E-state index in [0.717, 1.165) is 19.5 Å². The average Bonchev–Trinajstić information content (AvgIpc) is 2.81. The highest BCUT2D eigenvalue weighted by Gasteiger charge is 2.30. The van der Waals surface area contributed by atoms with Crippen LogP contribution in [0.25, 0.3) is 0 Å². The lowest BCUT2D eigenvalue weighted by atomic mass is 10.0. The molecule has 2 heterocycles. The van der Waals surface area contributed by atoms with Gasteiger partial charge in [-0.3, -0.25) is 9.88 Å². The lowest BCUT2D eigenvalue weighted by Gasteiger charge is -2.27. The topological polar surface area (TPSA) is 62.4 Å². The van der Waals surface area contributed by atoms with Gasteiger partial charge in [0.05, 0.1) is 6.10 Å². The molecule has 1 aromatic rings. The number of likely N-dealkylation sites (tertiary alicyclic amines) is 1. The van der Waals surface area contributed by atoms with Crippen molar-refractivity contribution in [3.05, 3.63) is 30.1 Å². The van der Waals surface area contributed by atoms with Crippen LogP contribution in [0.3, 0.4) is 0 Å². The molecule has 0 bridgehead atoms. The molecule has 3 N–H and O–H groups in total. The smallest absolute Gasteiger partial charge is 0.0552 e. The number of nitrogens with zero attached hydrogens (tertiary/aromatic N) is 2. The maximum Gasteiger partial charge on any atom is 0.0552 e. The van der Waals surface area contributed by atoms with E-state index in [1.54, 1.807) is 12.4 Å². The number of pyridine rings is 1. The van der Waals surface area contributed by atoms with Crippen LogP contribution in [0.1, 0.15) is 24.9 Å². The molecular formula is C13H21N3O. The number of aliphatic hydroxyl groups excluding tert-OH is 1. The number of hydrogen-bond acceptors (Lipinski definition) is 4. The fourth-order valence-electron chi connectivity index (χ4n) is 2.57. The summed E-state index contributed by atoms with van der Waals surface area (Å²) in [6.45, 7) is 4.43. The molecule has 1 aliphatic heterocycles. The van der Waals surface area contributed by atoms with Crippen molar-refractivity contribution in [3.63, 3.8) is 0 Å². The van der Waals surface area contributed by atoms with Crippen molar-refractivity contribution in [3.8, 4) is 0 Å². The second kappa shape index (κ2) is 5.58. The van der Waals surface area contributed by atoms with E-state index in [2.05, 4.69) is 9.88 Å². The highest BCUT2D eigenvalue weighted by Crippen LogP contribution is 2.28. The highest BCUT2D eigenvalue weighted by molar-refractivity contribution is 5.16. The number of aliphatic hydroxyl groups is 1. The van der Waals surface area contributed by atoms with E-state index in [1.165, 1.54) is 5.56 Å². The number of nitrogens with two attached hydrogens (primary N) is 1. The molecule has 3 atom stereocenters. The molecule has 94 valence electrons. The molecule has 1 saturated heterocycles. The van der Waals surface area contributed by atoms with E-state index >= 15 is 0 Å². The molecule has 1 aromatic heterocycles. The van der Waals surface area contributed by atoms with Crippen LogP contribution < -0.4 is 5.73 Å². The Balaban J connectivity index is 2.06. The van der Waals surface area contributed by atoms with Crippen LogP contribution in [-0.4, -0.2) is 40.7 Å². The van der Waals surface area contributed by atoms with Crippen molar-refractivity contribution in [2.45, 2.75) is 25.5 Å². The fourth-order valence-corrected chi connectivity index (χ4v) is 2.57. The lowest BCUT2D eigenvalue weighted by Crippen LogP contribution is -2.33. The number of aromatic nitrogens is 1. The first-order valence-corrected chi connectivity index (χ1v) is 6.24. The first-order chi connectivity index (χ1) is 8.22. The van der Waals surface area contributed by atoms with Gasteiger partial charge in [-0.05, 0) is 43.5 Å². The summed E-state index contributed by atoms with van der Waals surface area (Å²) in [6.07, 6.45) is 4.44. The summed E-state index contributed by atoms with van der Waals surface area (Å²) in [5.74, 6) is 0.380. The van der Waals surface area contributed by atoms with E-state index in [9.17, 15) is 5.11 Å². The Morgan fingerprint density at radius 1 is 1.53 bits per heavy atom. The molecule has 0 radical (unpaired) electrons. The molecule has 0 saturated carbocycles. The zero-order valence-electron chi connectivity index (χ0n) is 10.3. The van der Waals surface area contributed by atoms with Crippen LogP contribution in [0.4, 0.5) is 0 Å². The first-order valence-electron chi connectivity index (χ1n) is 6.24. The molecule has 0 aliphatic carbocycles. The molecule has 0 spiro atoms. The van der Waals surface area contributed by atoms with Crippen molar-refractivity contribution >= 4 is 0 Å². The first kappa shape index (κ1) is 12.5. The largest absolute Gasteiger partial charge is 0.393 e. The maximum atomic E-state index is 9.63. The zero-order chi connectivity index (χ0) is 12.3. The molecule has 0 amide bonds. The Morgan fingerprint density at radius 2 is 2.24 bits per heavy atom. The van der Waals surface area contributed by atoms with Gasteiger partial charge >= 0.3 is 0 Å². The van der Waals surface area contributed by atoms with Crippen molar-refractivity contribution in [2.24, 2.45) is 11.7 Å². The summed E-state index contributed by atoms with van der Waals surface area (Å²) in [5, 5.41) is 9.63. The summed E-state index contributed by atoms with van der Waals surface area (Å²) in [6, 6.07) is 4.29. The van der Waals surface area contributed by atoms with Gasteiger partial charge < -0.3 is 10.8 Å². The van der Waals surface area contributed by atoms with E-state index in [1.807, 2.05) is 19.1 Å². The Bertz CT molecular complexity index is 342. The molecule has 4 nitrogen and oxygen atoms in total. The van der Waals surface area contributed by atoms with Gasteiger partial charge in [-0.2, -0.15) is 0 Å². The Morgan fingerprint density at radius 3 is 2.76 bits per heavy atom. The summed E-state index contributed by atoms with van der Waals surface area (Å²) in [7, 11) is 0. The van der Waals surface area contributed by atoms with Crippen LogP contribution >= 0.6 is 0 Å². The predicted molar refractivity (Wildman–Crippen MR) is 67.4 cm³/mol. The minimum atomic E-state index is -0.226. The number of hydrogen-bond donors (Lipinski definition) is 2. The third-order valence-electron chi connectivity index (χ3n) is 3.69. The number of rotatable bonds is 4. The van der Waals surface area contributed by atoms with E-state index < -0.39 is 0 Å². The van der Waals surface area contributed by atoms with E-state index in [4.69, 9.17) is 5.73 Å². The summed E-state index contributed by atoms with van der Waals surface area (Å²) in [4.78, 5) is 6.40. The Hall–Kier alpha value is -0.970. The van der Waals surface area contributed by atoms with E-state index in [-0.39, 0.29) is 12.1 Å². The zero-order valence-corrected chi connectivity index (χ0v) is 10.3. The van der Waals surface area contributed by atoms with Gasteiger partial charge in [0.1, 0.15) is 0 Å². The summed E-state index contributed by atoms with van der Waals surface area (Å²) >= 11 is 0. The van der Waals surface area contributed by atoms with Gasteiger partial charge in [0.2, 0.25) is 0 Å². The van der Waals surface area contributed by atoms with Crippen LogP contribution in [-0.2, 0) is 0 Å². The van der Waals surface area contributed by atoms with Crippen LogP contribution in [0.5, 0.6) is 0 Å². The molecule has 0 aromatic carbocycles. The SMILES string of the molecule is CC(O)C1CCN(C(CN)c2ccncc2)C1. The normalized spacial score (nSPS) is 24.8. The van der Waals surface area contributed by atoms with Crippen LogP contribution in [0.15, 0.2) is 24.5 Å². The minimum Gasteiger partial charge on any atom is -0.393 e. The highest BCUT2D eigenvalue weighted by atomic mass is 16.3. The molecule has 1 aliphatic rings. The molecular weight excluding hydrogens is 214 g/mol. The second-order valence-corrected chi connectivity index (χ2v) is 4.82. The van der Waals surface area contributed by atoms with Crippen LogP contribution in [0, 0.1) is 5.92 Å².